The summed E-state index contributed by atoms with van der Waals surface area (Å²) in [4.78, 5) is 0. The maximum absolute atomic E-state index is 5.65. The van der Waals surface area contributed by atoms with Crippen LogP contribution in [0.3, 0.4) is 0 Å². The lowest BCUT2D eigenvalue weighted by molar-refractivity contribution is -0.00897. The summed E-state index contributed by atoms with van der Waals surface area (Å²) in [7, 11) is 1.66. The van der Waals surface area contributed by atoms with E-state index in [2.05, 4.69) is 63.2 Å². The summed E-state index contributed by atoms with van der Waals surface area (Å²) < 4.78 is 12.8. The van der Waals surface area contributed by atoms with Crippen molar-refractivity contribution >= 4 is 31.9 Å². The Morgan fingerprint density at radius 3 is 2.26 bits per heavy atom. The average Bonchev–Trinajstić information content (AvgIpc) is 2.28. The number of halogens is 2. The van der Waals surface area contributed by atoms with Crippen LogP contribution in [0.2, 0.25) is 0 Å². The van der Waals surface area contributed by atoms with Gasteiger partial charge in [-0.05, 0) is 70.3 Å². The molecule has 1 aromatic carbocycles. The van der Waals surface area contributed by atoms with E-state index in [-0.39, 0.29) is 5.60 Å². The Kier molecular flexibility index (Phi) is 6.80. The molecule has 0 fully saturated rings. The van der Waals surface area contributed by atoms with Gasteiger partial charge >= 0.3 is 0 Å². The van der Waals surface area contributed by atoms with Crippen LogP contribution in [0.4, 0.5) is 0 Å². The van der Waals surface area contributed by atoms with Crippen molar-refractivity contribution < 1.29 is 9.47 Å². The lowest BCUT2D eigenvalue weighted by Crippen LogP contribution is -2.37. The quantitative estimate of drug-likeness (QED) is 0.754. The van der Waals surface area contributed by atoms with E-state index in [9.17, 15) is 0 Å². The predicted molar refractivity (Wildman–Crippen MR) is 85.8 cm³/mol. The fourth-order valence-corrected chi connectivity index (χ4v) is 3.46. The van der Waals surface area contributed by atoms with Crippen molar-refractivity contribution in [3.05, 3.63) is 26.6 Å². The molecular weight excluding hydrogens is 374 g/mol. The molecule has 0 aliphatic heterocycles. The third-order valence-electron chi connectivity index (χ3n) is 2.68. The number of benzene rings is 1. The minimum atomic E-state index is -0.143. The first-order valence-corrected chi connectivity index (χ1v) is 7.85. The van der Waals surface area contributed by atoms with E-state index >= 15 is 0 Å². The summed E-state index contributed by atoms with van der Waals surface area (Å²) >= 11 is 7.01. The lowest BCUT2D eigenvalue weighted by atomic mass is 10.1. The molecule has 5 heteroatoms. The molecule has 108 valence electrons. The minimum absolute atomic E-state index is 0.143. The van der Waals surface area contributed by atoms with E-state index in [4.69, 9.17) is 9.47 Å². The van der Waals surface area contributed by atoms with Gasteiger partial charge in [0.05, 0.1) is 21.7 Å². The van der Waals surface area contributed by atoms with E-state index in [1.54, 1.807) is 7.11 Å². The van der Waals surface area contributed by atoms with Crippen LogP contribution < -0.4 is 10.1 Å². The number of hydrogen-bond donors (Lipinski definition) is 1. The molecule has 0 bridgehead atoms. The molecule has 0 aromatic heterocycles. The first-order valence-electron chi connectivity index (χ1n) is 6.26. The fraction of sp³-hybridized carbons (Fsp3) is 0.571. The number of hydrogen-bond acceptors (Lipinski definition) is 3. The van der Waals surface area contributed by atoms with Crippen molar-refractivity contribution in [2.45, 2.75) is 32.9 Å². The molecule has 0 saturated heterocycles. The van der Waals surface area contributed by atoms with Gasteiger partial charge in [0, 0.05) is 19.7 Å². The van der Waals surface area contributed by atoms with Gasteiger partial charge in [-0.15, -0.1) is 0 Å². The van der Waals surface area contributed by atoms with Crippen LogP contribution in [-0.2, 0) is 11.3 Å². The molecule has 0 saturated carbocycles. The molecule has 0 spiro atoms. The third-order valence-corrected chi connectivity index (χ3v) is 3.86. The largest absolute Gasteiger partial charge is 0.494 e. The fourth-order valence-electron chi connectivity index (χ4n) is 1.86. The van der Waals surface area contributed by atoms with Crippen molar-refractivity contribution in [2.24, 2.45) is 0 Å². The highest BCUT2D eigenvalue weighted by Gasteiger charge is 2.16. The van der Waals surface area contributed by atoms with Gasteiger partial charge in [-0.2, -0.15) is 0 Å². The Morgan fingerprint density at radius 2 is 1.79 bits per heavy atom. The molecule has 1 N–H and O–H groups in total. The summed E-state index contributed by atoms with van der Waals surface area (Å²) in [6, 6.07) is 4.12. The van der Waals surface area contributed by atoms with Gasteiger partial charge in [0.15, 0.2) is 0 Å². The van der Waals surface area contributed by atoms with E-state index in [0.29, 0.717) is 0 Å². The first kappa shape index (κ1) is 17.0. The number of nitrogens with one attached hydrogen (secondary N) is 1. The molecular formula is C14H21Br2NO2. The lowest BCUT2D eigenvalue weighted by Gasteiger charge is -2.25. The van der Waals surface area contributed by atoms with Crippen molar-refractivity contribution in [3.63, 3.8) is 0 Å². The predicted octanol–water partition coefficient (Wildman–Crippen LogP) is 4.12. The zero-order chi connectivity index (χ0) is 14.5. The van der Waals surface area contributed by atoms with Crippen LogP contribution in [0.25, 0.3) is 0 Å². The van der Waals surface area contributed by atoms with Gasteiger partial charge < -0.3 is 14.8 Å². The SMILES string of the molecule is CCOC(C)(C)CNCc1cc(Br)c(OC)c(Br)c1. The van der Waals surface area contributed by atoms with E-state index < -0.39 is 0 Å². The van der Waals surface area contributed by atoms with Gasteiger partial charge in [0.2, 0.25) is 0 Å². The first-order chi connectivity index (χ1) is 8.89. The Hall–Kier alpha value is -0.100. The monoisotopic (exact) mass is 393 g/mol. The van der Waals surface area contributed by atoms with Gasteiger partial charge in [-0.25, -0.2) is 0 Å². The standard InChI is InChI=1S/C14H21Br2NO2/c1-5-19-14(2,3)9-17-8-10-6-11(15)13(18-4)12(16)7-10/h6-7,17H,5,8-9H2,1-4H3. The number of ether oxygens (including phenoxy) is 2. The molecule has 0 aliphatic rings. The van der Waals surface area contributed by atoms with Gasteiger partial charge in [-0.3, -0.25) is 0 Å². The van der Waals surface area contributed by atoms with Crippen LogP contribution in [0.15, 0.2) is 21.1 Å². The van der Waals surface area contributed by atoms with Crippen LogP contribution in [0.1, 0.15) is 26.3 Å². The summed E-state index contributed by atoms with van der Waals surface area (Å²) in [6.45, 7) is 8.51. The zero-order valence-electron chi connectivity index (χ0n) is 11.8. The summed E-state index contributed by atoms with van der Waals surface area (Å²) in [5.41, 5.74) is 1.04. The highest BCUT2D eigenvalue weighted by Crippen LogP contribution is 2.34. The smallest absolute Gasteiger partial charge is 0.147 e. The van der Waals surface area contributed by atoms with Gasteiger partial charge in [0.1, 0.15) is 5.75 Å². The highest BCUT2D eigenvalue weighted by atomic mass is 79.9. The van der Waals surface area contributed by atoms with Crippen molar-refractivity contribution in [3.8, 4) is 5.75 Å². The molecule has 0 aliphatic carbocycles. The normalized spacial score (nSPS) is 11.7. The van der Waals surface area contributed by atoms with Gasteiger partial charge in [-0.1, -0.05) is 0 Å². The second kappa shape index (κ2) is 7.62. The van der Waals surface area contributed by atoms with Crippen LogP contribution >= 0.6 is 31.9 Å². The topological polar surface area (TPSA) is 30.5 Å². The molecule has 3 nitrogen and oxygen atoms in total. The maximum atomic E-state index is 5.65. The van der Waals surface area contributed by atoms with Crippen LogP contribution in [0.5, 0.6) is 5.75 Å². The molecule has 0 unspecified atom stereocenters. The summed E-state index contributed by atoms with van der Waals surface area (Å²) in [5.74, 6) is 0.818. The second-order valence-corrected chi connectivity index (χ2v) is 6.60. The molecule has 1 rings (SSSR count). The van der Waals surface area contributed by atoms with Crippen LogP contribution in [-0.4, -0.2) is 25.9 Å². The molecule has 0 radical (unpaired) electrons. The van der Waals surface area contributed by atoms with Crippen molar-refractivity contribution in [1.82, 2.24) is 5.32 Å². The van der Waals surface area contributed by atoms with Crippen molar-refractivity contribution in [2.75, 3.05) is 20.3 Å². The molecule has 19 heavy (non-hydrogen) atoms. The maximum Gasteiger partial charge on any atom is 0.147 e. The Balaban J connectivity index is 2.59. The third kappa shape index (κ3) is 5.42. The Morgan fingerprint density at radius 1 is 1.21 bits per heavy atom. The highest BCUT2D eigenvalue weighted by molar-refractivity contribution is 9.11. The molecule has 0 amide bonds. The van der Waals surface area contributed by atoms with E-state index in [0.717, 1.165) is 34.4 Å². The summed E-state index contributed by atoms with van der Waals surface area (Å²) in [6.07, 6.45) is 0. The molecule has 0 heterocycles. The number of rotatable bonds is 7. The molecule has 1 aromatic rings. The summed E-state index contributed by atoms with van der Waals surface area (Å²) in [5, 5.41) is 3.41. The average molecular weight is 395 g/mol. The van der Waals surface area contributed by atoms with E-state index in [1.165, 1.54) is 5.56 Å². The minimum Gasteiger partial charge on any atom is -0.494 e. The second-order valence-electron chi connectivity index (χ2n) is 4.89. The number of methoxy groups -OCH3 is 1. The Bertz CT molecular complexity index is 399. The molecule has 0 atom stereocenters. The zero-order valence-corrected chi connectivity index (χ0v) is 15.0. The van der Waals surface area contributed by atoms with Gasteiger partial charge in [0.25, 0.3) is 0 Å². The Labute approximate surface area is 132 Å². The van der Waals surface area contributed by atoms with Crippen LogP contribution in [0, 0.1) is 0 Å². The van der Waals surface area contributed by atoms with E-state index in [1.807, 2.05) is 6.92 Å². The van der Waals surface area contributed by atoms with Crippen molar-refractivity contribution in [1.29, 1.82) is 0 Å².